The Kier molecular flexibility index (Phi) is 24.0. The highest BCUT2D eigenvalue weighted by Gasteiger charge is 2.28. The van der Waals surface area contributed by atoms with E-state index < -0.39 is 11.9 Å². The van der Waals surface area contributed by atoms with Crippen LogP contribution < -0.4 is 47.4 Å². The zero-order valence-corrected chi connectivity index (χ0v) is 47.5. The summed E-state index contributed by atoms with van der Waals surface area (Å²) in [4.78, 5) is 47.8. The van der Waals surface area contributed by atoms with Crippen molar-refractivity contribution in [1.29, 1.82) is 0 Å². The molecule has 3 heterocycles. The van der Waals surface area contributed by atoms with Crippen LogP contribution in [-0.2, 0) is 33.5 Å². The van der Waals surface area contributed by atoms with E-state index in [9.17, 15) is 14.4 Å². The Morgan fingerprint density at radius 3 is 1.45 bits per heavy atom. The standard InChI is InChI=1S/C31H44N2O10.C28H38N2O5/c1-36-24-18-22(19-25(37-2)28(24)40-5)30(34)42-16-8-12-32-10-7-11-33(15-14-32)13-9-17-43-31(35)23-20-26(38-3)29(41-6)27(21-23)39-4;1-32-24-8-7-20(14-25(24)33-2)9-12-29-11-5-6-21(18-29)19-30-13-10-22-15-26(34-3)27(35-4)16-23(22)17-28(30)31/h18-21H,7-17H2,1-6H3;7-8,14-16,21H,5-6,9-13,17-19H2,1-4H3/t;21-/m.0/s1. The predicted octanol–water partition coefficient (Wildman–Crippen LogP) is 7.14. The number of hydrogen-bond donors (Lipinski definition) is 0. The summed E-state index contributed by atoms with van der Waals surface area (Å²) in [7, 11) is 15.7. The Morgan fingerprint density at radius 2 is 0.962 bits per heavy atom. The molecule has 1 amide bonds. The van der Waals surface area contributed by atoms with Gasteiger partial charge >= 0.3 is 11.9 Å². The van der Waals surface area contributed by atoms with Crippen molar-refractivity contribution in [1.82, 2.24) is 19.6 Å². The van der Waals surface area contributed by atoms with Crippen LogP contribution >= 0.6 is 0 Å². The Labute approximate surface area is 460 Å². The van der Waals surface area contributed by atoms with E-state index in [0.717, 1.165) is 127 Å². The van der Waals surface area contributed by atoms with Gasteiger partial charge in [0, 0.05) is 52.4 Å². The van der Waals surface area contributed by atoms with Crippen LogP contribution in [0.3, 0.4) is 0 Å². The number of nitrogens with zero attached hydrogens (tertiary/aromatic N) is 4. The fourth-order valence-corrected chi connectivity index (χ4v) is 10.3. The lowest BCUT2D eigenvalue weighted by atomic mass is 9.96. The molecular formula is C59H82N4O15. The van der Waals surface area contributed by atoms with Gasteiger partial charge in [-0.1, -0.05) is 6.07 Å². The average molecular weight is 1090 g/mol. The van der Waals surface area contributed by atoms with Gasteiger partial charge in [-0.2, -0.15) is 0 Å². The fourth-order valence-electron chi connectivity index (χ4n) is 10.3. The van der Waals surface area contributed by atoms with E-state index in [4.69, 9.17) is 56.8 Å². The predicted molar refractivity (Wildman–Crippen MR) is 295 cm³/mol. The molecule has 4 aromatic carbocycles. The first-order valence-electron chi connectivity index (χ1n) is 26.8. The van der Waals surface area contributed by atoms with Gasteiger partial charge in [-0.3, -0.25) is 4.79 Å². The second-order valence-corrected chi connectivity index (χ2v) is 19.3. The maximum absolute atomic E-state index is 13.1. The maximum atomic E-state index is 13.1. The zero-order valence-electron chi connectivity index (χ0n) is 47.5. The number of amides is 1. The van der Waals surface area contributed by atoms with Gasteiger partial charge in [0.2, 0.25) is 17.4 Å². The van der Waals surface area contributed by atoms with Crippen LogP contribution in [0.1, 0.15) is 69.5 Å². The van der Waals surface area contributed by atoms with Crippen molar-refractivity contribution in [2.45, 2.75) is 51.4 Å². The number of piperidine rings is 1. The molecule has 19 nitrogen and oxygen atoms in total. The third-order valence-corrected chi connectivity index (χ3v) is 14.5. The van der Waals surface area contributed by atoms with Crippen molar-refractivity contribution in [3.63, 3.8) is 0 Å². The van der Waals surface area contributed by atoms with Crippen LogP contribution in [0.2, 0.25) is 0 Å². The summed E-state index contributed by atoms with van der Waals surface area (Å²) in [6, 6.07) is 16.5. The molecule has 4 aromatic rings. The van der Waals surface area contributed by atoms with Crippen LogP contribution in [0.25, 0.3) is 0 Å². The number of carbonyl (C=O) groups is 3. The molecule has 0 bridgehead atoms. The van der Waals surface area contributed by atoms with Gasteiger partial charge in [0.05, 0.1) is 102 Å². The van der Waals surface area contributed by atoms with Gasteiger partial charge in [-0.05, 0) is 136 Å². The molecule has 0 unspecified atom stereocenters. The summed E-state index contributed by atoms with van der Waals surface area (Å²) < 4.78 is 64.6. The van der Waals surface area contributed by atoms with Crippen molar-refractivity contribution < 1.29 is 71.2 Å². The Morgan fingerprint density at radius 1 is 0.487 bits per heavy atom. The first-order valence-corrected chi connectivity index (χ1v) is 26.8. The van der Waals surface area contributed by atoms with E-state index in [-0.39, 0.29) is 5.91 Å². The minimum absolute atomic E-state index is 0.207. The lowest BCUT2D eigenvalue weighted by Crippen LogP contribution is -2.44. The highest BCUT2D eigenvalue weighted by molar-refractivity contribution is 5.92. The van der Waals surface area contributed by atoms with Crippen LogP contribution in [-0.4, -0.2) is 194 Å². The molecule has 3 aliphatic heterocycles. The average Bonchev–Trinajstić information content (AvgIpc) is 3.81. The summed E-state index contributed by atoms with van der Waals surface area (Å²) in [6.45, 7) is 10.8. The molecule has 1 atom stereocenters. The van der Waals surface area contributed by atoms with Crippen molar-refractivity contribution in [3.05, 3.63) is 82.4 Å². The largest absolute Gasteiger partial charge is 0.493 e. The number of esters is 2. The molecule has 3 aliphatic rings. The molecule has 19 heteroatoms. The number of methoxy groups -OCH3 is 10. The minimum Gasteiger partial charge on any atom is -0.493 e. The van der Waals surface area contributed by atoms with Gasteiger partial charge in [0.1, 0.15) is 0 Å². The topological polar surface area (TPSA) is 175 Å². The number of fused-ring (bicyclic) bond motifs is 1. The number of rotatable bonds is 25. The SMILES string of the molecule is COc1cc(C(=O)OCCCN2CCCN(CCCOC(=O)c3cc(OC)c(OC)c(OC)c3)CC2)cc(OC)c1OC.COc1ccc(CCN2CCC[C@H](CN3CCc4cc(OC)c(OC)cc4CC3=O)C2)cc1OC. The summed E-state index contributed by atoms with van der Waals surface area (Å²) >= 11 is 0. The van der Waals surface area contributed by atoms with Crippen LogP contribution in [0, 0.1) is 5.92 Å². The summed E-state index contributed by atoms with van der Waals surface area (Å²) in [5.41, 5.74) is 4.16. The summed E-state index contributed by atoms with van der Waals surface area (Å²) in [5, 5.41) is 0. The number of carbonyl (C=O) groups excluding carboxylic acids is 3. The number of benzene rings is 4. The minimum atomic E-state index is -0.438. The van der Waals surface area contributed by atoms with Gasteiger partial charge < -0.3 is 76.4 Å². The van der Waals surface area contributed by atoms with Crippen molar-refractivity contribution >= 4 is 17.8 Å². The van der Waals surface area contributed by atoms with E-state index in [1.807, 2.05) is 18.2 Å². The summed E-state index contributed by atoms with van der Waals surface area (Å²) in [6.07, 6.45) is 7.08. The number of ether oxygens (including phenoxy) is 12. The van der Waals surface area contributed by atoms with Crippen molar-refractivity contribution in [3.8, 4) is 57.5 Å². The van der Waals surface area contributed by atoms with E-state index in [0.29, 0.717) is 76.9 Å². The molecule has 0 aliphatic carbocycles. The smallest absolute Gasteiger partial charge is 0.338 e. The monoisotopic (exact) mass is 1090 g/mol. The van der Waals surface area contributed by atoms with E-state index in [1.165, 1.54) is 66.6 Å². The lowest BCUT2D eigenvalue weighted by Gasteiger charge is -2.35. The molecule has 0 aromatic heterocycles. The van der Waals surface area contributed by atoms with Crippen LogP contribution in [0.4, 0.5) is 0 Å². The number of hydrogen-bond acceptors (Lipinski definition) is 18. The lowest BCUT2D eigenvalue weighted by molar-refractivity contribution is -0.131. The molecule has 2 saturated heterocycles. The fraction of sp³-hybridized carbons (Fsp3) is 0.542. The Hall–Kier alpha value is -6.83. The van der Waals surface area contributed by atoms with Gasteiger partial charge in [0.25, 0.3) is 0 Å². The van der Waals surface area contributed by atoms with E-state index >= 15 is 0 Å². The zero-order chi connectivity index (χ0) is 56.0. The molecule has 0 saturated carbocycles. The quantitative estimate of drug-likeness (QED) is 0.0483. The highest BCUT2D eigenvalue weighted by atomic mass is 16.6. The van der Waals surface area contributed by atoms with E-state index in [2.05, 4.69) is 31.7 Å². The molecule has 0 spiro atoms. The van der Waals surface area contributed by atoms with E-state index in [1.54, 1.807) is 52.7 Å². The Balaban J connectivity index is 0.000000257. The summed E-state index contributed by atoms with van der Waals surface area (Å²) in [5.74, 6) is 5.24. The highest BCUT2D eigenvalue weighted by Crippen LogP contribution is 2.40. The molecule has 7 rings (SSSR count). The normalized spacial score (nSPS) is 16.0. The van der Waals surface area contributed by atoms with Crippen molar-refractivity contribution in [2.75, 3.05) is 156 Å². The molecule has 2 fully saturated rings. The third kappa shape index (κ3) is 16.6. The third-order valence-electron chi connectivity index (χ3n) is 14.5. The van der Waals surface area contributed by atoms with Crippen LogP contribution in [0.5, 0.6) is 57.5 Å². The van der Waals surface area contributed by atoms with Gasteiger partial charge in [0.15, 0.2) is 46.0 Å². The molecule has 0 radical (unpaired) electrons. The molecular weight excluding hydrogens is 1000 g/mol. The maximum Gasteiger partial charge on any atom is 0.338 e. The second kappa shape index (κ2) is 30.9. The first-order chi connectivity index (χ1) is 37.9. The molecule has 0 N–H and O–H groups in total. The van der Waals surface area contributed by atoms with Gasteiger partial charge in [-0.15, -0.1) is 0 Å². The Bertz CT molecular complexity index is 2440. The van der Waals surface area contributed by atoms with Gasteiger partial charge in [-0.25, -0.2) is 9.59 Å². The van der Waals surface area contributed by atoms with Crippen LogP contribution in [0.15, 0.2) is 54.6 Å². The second-order valence-electron chi connectivity index (χ2n) is 19.3. The van der Waals surface area contributed by atoms with Crippen molar-refractivity contribution in [2.24, 2.45) is 5.92 Å². The molecule has 78 heavy (non-hydrogen) atoms. The first kappa shape index (κ1) is 60.4. The number of likely N-dealkylation sites (tertiary alicyclic amines) is 1. The molecule has 428 valence electrons.